The molecule has 142 valence electrons. The Morgan fingerprint density at radius 2 is 1.64 bits per heavy atom. The number of para-hydroxylation sites is 2. The van der Waals surface area contributed by atoms with Crippen molar-refractivity contribution in [3.05, 3.63) is 75.1 Å². The van der Waals surface area contributed by atoms with E-state index in [9.17, 15) is 20.2 Å². The van der Waals surface area contributed by atoms with E-state index in [4.69, 9.17) is 4.74 Å². The molecule has 0 amide bonds. The molecule has 0 bridgehead atoms. The van der Waals surface area contributed by atoms with Crippen molar-refractivity contribution in [3.8, 4) is 5.75 Å². The number of ether oxygens (including phenoxy) is 1. The first-order chi connectivity index (χ1) is 13.5. The van der Waals surface area contributed by atoms with Crippen molar-refractivity contribution in [2.24, 2.45) is 0 Å². The maximum atomic E-state index is 11.7. The molecule has 3 rings (SSSR count). The number of hydrogen-bond acceptors (Lipinski definition) is 9. The Balaban J connectivity index is 1.99. The second kappa shape index (κ2) is 7.95. The van der Waals surface area contributed by atoms with Crippen LogP contribution in [-0.4, -0.2) is 26.9 Å². The molecule has 11 nitrogen and oxygen atoms in total. The van der Waals surface area contributed by atoms with Crippen LogP contribution in [0.3, 0.4) is 0 Å². The predicted octanol–water partition coefficient (Wildman–Crippen LogP) is 3.79. The first-order valence-electron chi connectivity index (χ1n) is 7.90. The summed E-state index contributed by atoms with van der Waals surface area (Å²) >= 11 is 0. The summed E-state index contributed by atoms with van der Waals surface area (Å²) in [6.45, 7) is 0. The van der Waals surface area contributed by atoms with Crippen molar-refractivity contribution >= 4 is 34.4 Å². The first kappa shape index (κ1) is 18.5. The van der Waals surface area contributed by atoms with E-state index in [2.05, 4.69) is 20.6 Å². The van der Waals surface area contributed by atoms with Crippen LogP contribution in [0.1, 0.15) is 0 Å². The third kappa shape index (κ3) is 3.93. The van der Waals surface area contributed by atoms with Gasteiger partial charge in [-0.15, -0.1) is 0 Å². The molecular weight excluding hydrogens is 368 g/mol. The van der Waals surface area contributed by atoms with Gasteiger partial charge in [0.1, 0.15) is 12.1 Å². The second-order valence-corrected chi connectivity index (χ2v) is 5.43. The fourth-order valence-electron chi connectivity index (χ4n) is 2.44. The van der Waals surface area contributed by atoms with Crippen molar-refractivity contribution in [2.45, 2.75) is 0 Å². The minimum Gasteiger partial charge on any atom is -0.495 e. The van der Waals surface area contributed by atoms with E-state index in [1.807, 2.05) is 0 Å². The molecule has 1 heterocycles. The molecule has 0 fully saturated rings. The normalized spacial score (nSPS) is 10.2. The van der Waals surface area contributed by atoms with Gasteiger partial charge in [-0.25, -0.2) is 9.97 Å². The van der Waals surface area contributed by atoms with Crippen molar-refractivity contribution < 1.29 is 14.6 Å². The lowest BCUT2D eigenvalue weighted by atomic mass is 10.2. The van der Waals surface area contributed by atoms with Crippen molar-refractivity contribution in [1.82, 2.24) is 9.97 Å². The molecule has 1 aromatic heterocycles. The number of anilines is 4. The lowest BCUT2D eigenvalue weighted by Crippen LogP contribution is -2.06. The minimum absolute atomic E-state index is 0.0579. The molecule has 2 aromatic carbocycles. The number of non-ortho nitro benzene ring substituents is 1. The Labute approximate surface area is 158 Å². The highest BCUT2D eigenvalue weighted by Crippen LogP contribution is 2.35. The second-order valence-electron chi connectivity index (χ2n) is 5.43. The third-order valence-corrected chi connectivity index (χ3v) is 3.68. The smallest absolute Gasteiger partial charge is 0.353 e. The third-order valence-electron chi connectivity index (χ3n) is 3.68. The number of nitro groups is 2. The topological polar surface area (TPSA) is 145 Å². The van der Waals surface area contributed by atoms with Crippen molar-refractivity contribution in [1.29, 1.82) is 0 Å². The molecule has 11 heteroatoms. The maximum absolute atomic E-state index is 11.7. The number of nitrogens with zero attached hydrogens (tertiary/aromatic N) is 4. The van der Waals surface area contributed by atoms with Gasteiger partial charge in [-0.2, -0.15) is 0 Å². The van der Waals surface area contributed by atoms with Gasteiger partial charge in [-0.1, -0.05) is 18.2 Å². The molecule has 28 heavy (non-hydrogen) atoms. The zero-order chi connectivity index (χ0) is 20.1. The summed E-state index contributed by atoms with van der Waals surface area (Å²) in [5, 5.41) is 28.2. The monoisotopic (exact) mass is 382 g/mol. The SMILES string of the molecule is COc1ccccc1Nc1ncnc(Nc2cccc([N+](=O)[O-])c2)c1[N+](=O)[O-]. The number of hydrogen-bond donors (Lipinski definition) is 2. The zero-order valence-corrected chi connectivity index (χ0v) is 14.5. The Hall–Kier alpha value is -4.28. The molecule has 0 unspecified atom stereocenters. The van der Waals surface area contributed by atoms with Gasteiger partial charge in [0.2, 0.25) is 11.6 Å². The summed E-state index contributed by atoms with van der Waals surface area (Å²) in [5.74, 6) is 0.305. The number of benzene rings is 2. The lowest BCUT2D eigenvalue weighted by molar-refractivity contribution is -0.384. The van der Waals surface area contributed by atoms with Crippen LogP contribution in [0.15, 0.2) is 54.9 Å². The minimum atomic E-state index is -0.641. The van der Waals surface area contributed by atoms with Crippen molar-refractivity contribution in [2.75, 3.05) is 17.7 Å². The van der Waals surface area contributed by atoms with E-state index < -0.39 is 15.5 Å². The summed E-state index contributed by atoms with van der Waals surface area (Å²) in [6.07, 6.45) is 1.14. The molecule has 0 saturated heterocycles. The quantitative estimate of drug-likeness (QED) is 0.460. The zero-order valence-electron chi connectivity index (χ0n) is 14.5. The molecule has 0 aliphatic heterocycles. The Morgan fingerprint density at radius 3 is 2.32 bits per heavy atom. The fourth-order valence-corrected chi connectivity index (χ4v) is 2.44. The standard InChI is InChI=1S/C17H14N6O5/c1-28-14-8-3-2-7-13(14)21-17-15(23(26)27)16(18-10-19-17)20-11-5-4-6-12(9-11)22(24)25/h2-10H,1H3,(H2,18,19,20,21). The predicted molar refractivity (Wildman–Crippen MR) is 101 cm³/mol. The largest absolute Gasteiger partial charge is 0.495 e. The number of nitro benzene ring substituents is 1. The summed E-state index contributed by atoms with van der Waals surface area (Å²) in [5.41, 5.74) is 0.182. The maximum Gasteiger partial charge on any atom is 0.353 e. The highest BCUT2D eigenvalue weighted by atomic mass is 16.6. The Bertz CT molecular complexity index is 1040. The van der Waals surface area contributed by atoms with Gasteiger partial charge in [-0.05, 0) is 18.2 Å². The molecule has 0 aliphatic carbocycles. The van der Waals surface area contributed by atoms with Crippen LogP contribution in [0.25, 0.3) is 0 Å². The van der Waals surface area contributed by atoms with Crippen LogP contribution in [0.2, 0.25) is 0 Å². The molecule has 0 saturated carbocycles. The Morgan fingerprint density at radius 1 is 0.929 bits per heavy atom. The summed E-state index contributed by atoms with van der Waals surface area (Å²) in [7, 11) is 1.48. The van der Waals surface area contributed by atoms with Crippen LogP contribution in [0, 0.1) is 20.2 Å². The van der Waals surface area contributed by atoms with Gasteiger partial charge >= 0.3 is 5.69 Å². The molecule has 2 N–H and O–H groups in total. The average molecular weight is 382 g/mol. The Kier molecular flexibility index (Phi) is 5.25. The van der Waals surface area contributed by atoms with E-state index in [0.29, 0.717) is 11.4 Å². The van der Waals surface area contributed by atoms with Crippen molar-refractivity contribution in [3.63, 3.8) is 0 Å². The van der Waals surface area contributed by atoms with Crippen LogP contribution < -0.4 is 15.4 Å². The van der Waals surface area contributed by atoms with Gasteiger partial charge < -0.3 is 15.4 Å². The lowest BCUT2D eigenvalue weighted by Gasteiger charge is -2.12. The van der Waals surface area contributed by atoms with Crippen LogP contribution >= 0.6 is 0 Å². The average Bonchev–Trinajstić information content (AvgIpc) is 2.68. The van der Waals surface area contributed by atoms with Crippen LogP contribution in [0.4, 0.5) is 34.4 Å². The van der Waals surface area contributed by atoms with Gasteiger partial charge in [0.15, 0.2) is 0 Å². The van der Waals surface area contributed by atoms with Crippen LogP contribution in [-0.2, 0) is 0 Å². The van der Waals surface area contributed by atoms with E-state index >= 15 is 0 Å². The molecular formula is C17H14N6O5. The molecule has 0 radical (unpaired) electrons. The van der Waals surface area contributed by atoms with Gasteiger partial charge in [0.25, 0.3) is 5.69 Å². The fraction of sp³-hybridized carbons (Fsp3) is 0.0588. The molecule has 0 spiro atoms. The highest BCUT2D eigenvalue weighted by molar-refractivity contribution is 5.78. The number of nitrogens with one attached hydrogen (secondary N) is 2. The van der Waals surface area contributed by atoms with E-state index in [-0.39, 0.29) is 23.0 Å². The van der Waals surface area contributed by atoms with Gasteiger partial charge in [-0.3, -0.25) is 20.2 Å². The number of aromatic nitrogens is 2. The van der Waals surface area contributed by atoms with Crippen LogP contribution in [0.5, 0.6) is 5.75 Å². The summed E-state index contributed by atoms with van der Waals surface area (Å²) < 4.78 is 5.22. The van der Waals surface area contributed by atoms with Gasteiger partial charge in [0, 0.05) is 17.8 Å². The first-order valence-corrected chi connectivity index (χ1v) is 7.90. The van der Waals surface area contributed by atoms with E-state index in [1.165, 1.54) is 31.4 Å². The highest BCUT2D eigenvalue weighted by Gasteiger charge is 2.24. The molecule has 0 atom stereocenters. The summed E-state index contributed by atoms with van der Waals surface area (Å²) in [4.78, 5) is 29.2. The number of methoxy groups -OCH3 is 1. The van der Waals surface area contributed by atoms with Gasteiger partial charge in [0.05, 0.1) is 22.6 Å². The molecule has 0 aliphatic rings. The van der Waals surface area contributed by atoms with E-state index in [0.717, 1.165) is 6.33 Å². The summed E-state index contributed by atoms with van der Waals surface area (Å²) in [6, 6.07) is 12.4. The molecule has 3 aromatic rings. The number of rotatable bonds is 7. The van der Waals surface area contributed by atoms with E-state index in [1.54, 1.807) is 24.3 Å².